The summed E-state index contributed by atoms with van der Waals surface area (Å²) in [6.45, 7) is 2.37. The van der Waals surface area contributed by atoms with E-state index >= 15 is 0 Å². The minimum atomic E-state index is -0.223. The topological polar surface area (TPSA) is 64.3 Å². The van der Waals surface area contributed by atoms with E-state index in [-0.39, 0.29) is 18.4 Å². The molecule has 0 bridgehead atoms. The summed E-state index contributed by atoms with van der Waals surface area (Å²) in [4.78, 5) is 11.7. The fourth-order valence-corrected chi connectivity index (χ4v) is 1.87. The Hall–Kier alpha value is -0.660. The number of anilines is 1. The third-order valence-corrected chi connectivity index (χ3v) is 3.63. The third kappa shape index (κ3) is 4.61. The Morgan fingerprint density at radius 2 is 2.29 bits per heavy atom. The highest BCUT2D eigenvalue weighted by atomic mass is 127. The van der Waals surface area contributed by atoms with Crippen LogP contribution in [-0.4, -0.2) is 25.7 Å². The van der Waals surface area contributed by atoms with E-state index in [1.54, 1.807) is 7.11 Å². The lowest BCUT2D eigenvalue weighted by atomic mass is 10.2. The molecule has 0 saturated heterocycles. The van der Waals surface area contributed by atoms with Crippen LogP contribution in [0.25, 0.3) is 0 Å². The standard InChI is InChI=1S/C12H17IN2O2/c1-8-3-4-9(5-11(8)13)15-12(16)6-10(7-14)17-2/h3-5,10H,6-7,14H2,1-2H3,(H,15,16). The third-order valence-electron chi connectivity index (χ3n) is 2.46. The van der Waals surface area contributed by atoms with Crippen molar-refractivity contribution in [2.75, 3.05) is 19.0 Å². The van der Waals surface area contributed by atoms with E-state index in [9.17, 15) is 4.79 Å². The van der Waals surface area contributed by atoms with Crippen molar-refractivity contribution in [3.63, 3.8) is 0 Å². The lowest BCUT2D eigenvalue weighted by molar-refractivity contribution is -0.118. The van der Waals surface area contributed by atoms with E-state index in [0.717, 1.165) is 9.26 Å². The van der Waals surface area contributed by atoms with Crippen molar-refractivity contribution in [2.24, 2.45) is 5.73 Å². The second-order valence-electron chi connectivity index (χ2n) is 3.81. The number of methoxy groups -OCH3 is 1. The maximum atomic E-state index is 11.7. The van der Waals surface area contributed by atoms with Gasteiger partial charge in [-0.3, -0.25) is 4.79 Å². The molecule has 0 fully saturated rings. The number of halogens is 1. The molecule has 0 heterocycles. The number of rotatable bonds is 5. The van der Waals surface area contributed by atoms with Gasteiger partial charge in [-0.15, -0.1) is 0 Å². The molecule has 0 aliphatic heterocycles. The van der Waals surface area contributed by atoms with Gasteiger partial charge >= 0.3 is 0 Å². The molecule has 1 aromatic rings. The number of amides is 1. The van der Waals surface area contributed by atoms with Gasteiger partial charge in [-0.25, -0.2) is 0 Å². The van der Waals surface area contributed by atoms with Crippen molar-refractivity contribution in [1.29, 1.82) is 0 Å². The van der Waals surface area contributed by atoms with Gasteiger partial charge in [0.05, 0.1) is 12.5 Å². The Morgan fingerprint density at radius 3 is 2.82 bits per heavy atom. The Labute approximate surface area is 115 Å². The van der Waals surface area contributed by atoms with Gasteiger partial charge in [-0.05, 0) is 47.2 Å². The van der Waals surface area contributed by atoms with E-state index in [1.807, 2.05) is 25.1 Å². The molecule has 1 amide bonds. The zero-order valence-electron chi connectivity index (χ0n) is 10.00. The van der Waals surface area contributed by atoms with E-state index in [2.05, 4.69) is 27.9 Å². The second kappa shape index (κ2) is 6.93. The molecule has 0 aliphatic carbocycles. The average molecular weight is 348 g/mol. The summed E-state index contributed by atoms with van der Waals surface area (Å²) in [6.07, 6.45) is 0.0526. The molecule has 0 spiro atoms. The number of hydrogen-bond acceptors (Lipinski definition) is 3. The number of nitrogens with two attached hydrogens (primary N) is 1. The zero-order valence-corrected chi connectivity index (χ0v) is 12.2. The maximum absolute atomic E-state index is 11.7. The van der Waals surface area contributed by atoms with Crippen LogP contribution in [0.2, 0.25) is 0 Å². The highest BCUT2D eigenvalue weighted by Gasteiger charge is 2.11. The second-order valence-corrected chi connectivity index (χ2v) is 4.97. The van der Waals surface area contributed by atoms with Crippen LogP contribution in [0.4, 0.5) is 5.69 Å². The summed E-state index contributed by atoms with van der Waals surface area (Å²) in [7, 11) is 1.56. The quantitative estimate of drug-likeness (QED) is 0.799. The predicted octanol–water partition coefficient (Wildman–Crippen LogP) is 1.90. The summed E-state index contributed by atoms with van der Waals surface area (Å²) in [5.74, 6) is -0.0815. The lowest BCUT2D eigenvalue weighted by Gasteiger charge is -2.13. The molecule has 1 atom stereocenters. The summed E-state index contributed by atoms with van der Waals surface area (Å²) in [6, 6.07) is 5.81. The fraction of sp³-hybridized carbons (Fsp3) is 0.417. The van der Waals surface area contributed by atoms with Gasteiger partial charge in [0.1, 0.15) is 0 Å². The first kappa shape index (κ1) is 14.4. The monoisotopic (exact) mass is 348 g/mol. The van der Waals surface area contributed by atoms with Crippen LogP contribution < -0.4 is 11.1 Å². The van der Waals surface area contributed by atoms with Gasteiger partial charge in [0.2, 0.25) is 5.91 Å². The van der Waals surface area contributed by atoms with E-state index < -0.39 is 0 Å². The van der Waals surface area contributed by atoms with Crippen molar-refractivity contribution < 1.29 is 9.53 Å². The summed E-state index contributed by atoms with van der Waals surface area (Å²) in [5.41, 5.74) is 7.46. The van der Waals surface area contributed by atoms with Gasteiger partial charge in [0.25, 0.3) is 0 Å². The number of hydrogen-bond donors (Lipinski definition) is 2. The van der Waals surface area contributed by atoms with Crippen molar-refractivity contribution >= 4 is 34.2 Å². The number of ether oxygens (including phenoxy) is 1. The van der Waals surface area contributed by atoms with Crippen LogP contribution in [0.3, 0.4) is 0 Å². The molecule has 3 N–H and O–H groups in total. The first-order chi connectivity index (χ1) is 8.06. The minimum Gasteiger partial charge on any atom is -0.380 e. The Balaban J connectivity index is 2.58. The van der Waals surface area contributed by atoms with Gasteiger partial charge in [0.15, 0.2) is 0 Å². The van der Waals surface area contributed by atoms with Crippen molar-refractivity contribution in [2.45, 2.75) is 19.4 Å². The number of benzene rings is 1. The molecular formula is C12H17IN2O2. The Kier molecular flexibility index (Phi) is 5.87. The van der Waals surface area contributed by atoms with Gasteiger partial charge in [-0.1, -0.05) is 6.07 Å². The minimum absolute atomic E-state index is 0.0815. The smallest absolute Gasteiger partial charge is 0.227 e. The number of carbonyl (C=O) groups is 1. The summed E-state index contributed by atoms with van der Waals surface area (Å²) < 4.78 is 6.19. The van der Waals surface area contributed by atoms with Gasteiger partial charge in [-0.2, -0.15) is 0 Å². The molecule has 0 aliphatic rings. The predicted molar refractivity (Wildman–Crippen MR) is 77.0 cm³/mol. The Bertz CT molecular complexity index is 392. The van der Waals surface area contributed by atoms with Crippen LogP contribution in [0.15, 0.2) is 18.2 Å². The summed E-state index contributed by atoms with van der Waals surface area (Å²) in [5, 5.41) is 2.83. The highest BCUT2D eigenvalue weighted by Crippen LogP contribution is 2.17. The Morgan fingerprint density at radius 1 is 1.59 bits per heavy atom. The fourth-order valence-electron chi connectivity index (χ4n) is 1.35. The van der Waals surface area contributed by atoms with Crippen LogP contribution in [0, 0.1) is 10.5 Å². The molecule has 0 aromatic heterocycles. The van der Waals surface area contributed by atoms with Gasteiger partial charge < -0.3 is 15.8 Å². The molecule has 1 unspecified atom stereocenters. The molecule has 94 valence electrons. The van der Waals surface area contributed by atoms with Gasteiger partial charge in [0, 0.05) is 22.9 Å². The normalized spacial score (nSPS) is 12.2. The molecule has 4 nitrogen and oxygen atoms in total. The number of nitrogens with one attached hydrogen (secondary N) is 1. The number of carbonyl (C=O) groups excluding carboxylic acids is 1. The van der Waals surface area contributed by atoms with E-state index in [1.165, 1.54) is 5.56 Å². The van der Waals surface area contributed by atoms with Crippen molar-refractivity contribution in [1.82, 2.24) is 0 Å². The molecule has 17 heavy (non-hydrogen) atoms. The molecule has 0 saturated carbocycles. The van der Waals surface area contributed by atoms with Crippen LogP contribution in [0.5, 0.6) is 0 Å². The maximum Gasteiger partial charge on any atom is 0.227 e. The van der Waals surface area contributed by atoms with Crippen molar-refractivity contribution in [3.05, 3.63) is 27.3 Å². The molecule has 5 heteroatoms. The molecule has 1 aromatic carbocycles. The van der Waals surface area contributed by atoms with Crippen LogP contribution in [-0.2, 0) is 9.53 Å². The molecule has 1 rings (SSSR count). The van der Waals surface area contributed by atoms with E-state index in [0.29, 0.717) is 6.54 Å². The van der Waals surface area contributed by atoms with Crippen LogP contribution in [0.1, 0.15) is 12.0 Å². The molecule has 0 radical (unpaired) electrons. The number of aryl methyl sites for hydroxylation is 1. The van der Waals surface area contributed by atoms with E-state index in [4.69, 9.17) is 10.5 Å². The lowest BCUT2D eigenvalue weighted by Crippen LogP contribution is -2.28. The first-order valence-corrected chi connectivity index (χ1v) is 6.43. The molecular weight excluding hydrogens is 331 g/mol. The van der Waals surface area contributed by atoms with Crippen molar-refractivity contribution in [3.8, 4) is 0 Å². The van der Waals surface area contributed by atoms with Crippen LogP contribution >= 0.6 is 22.6 Å². The average Bonchev–Trinajstić information content (AvgIpc) is 2.31. The highest BCUT2D eigenvalue weighted by molar-refractivity contribution is 14.1. The largest absolute Gasteiger partial charge is 0.380 e. The zero-order chi connectivity index (χ0) is 12.8. The SMILES string of the molecule is COC(CN)CC(=O)Nc1ccc(C)c(I)c1. The first-order valence-electron chi connectivity index (χ1n) is 5.35. The summed E-state index contributed by atoms with van der Waals surface area (Å²) >= 11 is 2.24.